The predicted octanol–water partition coefficient (Wildman–Crippen LogP) is 3.44. The number of halogens is 1. The highest BCUT2D eigenvalue weighted by Gasteiger charge is 2.31. The number of carbonyl (C=O) groups is 1. The van der Waals surface area contributed by atoms with Crippen LogP contribution < -0.4 is 0 Å². The Morgan fingerprint density at radius 1 is 1.11 bits per heavy atom. The van der Waals surface area contributed by atoms with Gasteiger partial charge in [-0.05, 0) is 23.6 Å². The molecule has 28 heavy (non-hydrogen) atoms. The van der Waals surface area contributed by atoms with Gasteiger partial charge in [-0.25, -0.2) is 14.4 Å². The molecule has 1 amide bonds. The van der Waals surface area contributed by atoms with Crippen molar-refractivity contribution in [3.05, 3.63) is 59.4 Å². The maximum Gasteiger partial charge on any atom is 0.224 e. The lowest BCUT2D eigenvalue weighted by Crippen LogP contribution is -2.45. The van der Waals surface area contributed by atoms with Crippen molar-refractivity contribution in [2.45, 2.75) is 52.7 Å². The fraction of sp³-hybridized carbons (Fsp3) is 0.500. The smallest absolute Gasteiger partial charge is 0.224 e. The van der Waals surface area contributed by atoms with Gasteiger partial charge in [-0.15, -0.1) is 0 Å². The first-order valence-electron chi connectivity index (χ1n) is 10.0. The van der Waals surface area contributed by atoms with Gasteiger partial charge in [0.2, 0.25) is 5.91 Å². The third-order valence-corrected chi connectivity index (χ3v) is 5.32. The third kappa shape index (κ3) is 5.13. The topological polar surface area (TPSA) is 49.3 Å². The van der Waals surface area contributed by atoms with E-state index in [4.69, 9.17) is 0 Å². The van der Waals surface area contributed by atoms with E-state index < -0.39 is 0 Å². The number of hydrogen-bond acceptors (Lipinski definition) is 4. The Bertz CT molecular complexity index is 776. The molecular formula is C22H29FN4O. The molecule has 6 heteroatoms. The molecule has 1 aliphatic rings. The summed E-state index contributed by atoms with van der Waals surface area (Å²) in [6, 6.07) is 6.53. The maximum atomic E-state index is 13.2. The number of amides is 1. The second kappa shape index (κ2) is 9.24. The molecule has 1 fully saturated rings. The lowest BCUT2D eigenvalue weighted by molar-refractivity contribution is -0.134. The van der Waals surface area contributed by atoms with Gasteiger partial charge in [-0.1, -0.05) is 32.9 Å². The number of nitrogens with zero attached hydrogens (tertiary/aromatic N) is 4. The van der Waals surface area contributed by atoms with Gasteiger partial charge in [-0.2, -0.15) is 0 Å². The van der Waals surface area contributed by atoms with E-state index in [9.17, 15) is 9.18 Å². The minimum Gasteiger partial charge on any atom is -0.334 e. The van der Waals surface area contributed by atoms with Crippen LogP contribution in [0, 0.1) is 11.7 Å². The maximum absolute atomic E-state index is 13.2. The first-order chi connectivity index (χ1) is 13.5. The van der Waals surface area contributed by atoms with Gasteiger partial charge in [-0.3, -0.25) is 9.69 Å². The minimum absolute atomic E-state index is 0.107. The van der Waals surface area contributed by atoms with E-state index in [1.807, 2.05) is 24.2 Å². The molecule has 1 aliphatic heterocycles. The van der Waals surface area contributed by atoms with Crippen molar-refractivity contribution in [2.75, 3.05) is 13.1 Å². The van der Waals surface area contributed by atoms with Crippen LogP contribution in [0.2, 0.25) is 0 Å². The monoisotopic (exact) mass is 384 g/mol. The number of hydrogen-bond donors (Lipinski definition) is 0. The van der Waals surface area contributed by atoms with Gasteiger partial charge in [0.15, 0.2) is 0 Å². The summed E-state index contributed by atoms with van der Waals surface area (Å²) >= 11 is 0. The Kier molecular flexibility index (Phi) is 6.73. The first kappa shape index (κ1) is 20.4. The Labute approximate surface area is 166 Å². The fourth-order valence-corrected chi connectivity index (χ4v) is 3.65. The summed E-state index contributed by atoms with van der Waals surface area (Å²) in [6.07, 6.45) is 5.09. The Morgan fingerprint density at radius 2 is 1.79 bits per heavy atom. The van der Waals surface area contributed by atoms with Crippen LogP contribution in [-0.4, -0.2) is 44.8 Å². The molecule has 0 aliphatic carbocycles. The average molecular weight is 384 g/mol. The number of carbonyl (C=O) groups excluding carboxylic acids is 1. The van der Waals surface area contributed by atoms with Gasteiger partial charge < -0.3 is 4.90 Å². The average Bonchev–Trinajstić information content (AvgIpc) is 2.84. The van der Waals surface area contributed by atoms with Gasteiger partial charge in [0.05, 0.1) is 0 Å². The molecule has 2 aromatic rings. The van der Waals surface area contributed by atoms with Crippen LogP contribution in [-0.2, 0) is 24.3 Å². The van der Waals surface area contributed by atoms with Crippen molar-refractivity contribution in [1.82, 2.24) is 19.8 Å². The van der Waals surface area contributed by atoms with Crippen molar-refractivity contribution >= 4 is 5.91 Å². The number of aryl methyl sites for hydroxylation is 1. The van der Waals surface area contributed by atoms with Crippen molar-refractivity contribution in [2.24, 2.45) is 5.92 Å². The van der Waals surface area contributed by atoms with Crippen LogP contribution in [0.5, 0.6) is 0 Å². The molecule has 0 saturated carbocycles. The third-order valence-electron chi connectivity index (χ3n) is 5.32. The summed E-state index contributed by atoms with van der Waals surface area (Å²) in [5, 5.41) is 0. The zero-order valence-corrected chi connectivity index (χ0v) is 16.9. The normalized spacial score (nSPS) is 18.5. The zero-order valence-electron chi connectivity index (χ0n) is 16.9. The molecule has 150 valence electrons. The van der Waals surface area contributed by atoms with E-state index in [0.717, 1.165) is 43.0 Å². The molecule has 1 aromatic carbocycles. The van der Waals surface area contributed by atoms with Gasteiger partial charge in [0.1, 0.15) is 11.6 Å². The molecule has 2 heterocycles. The molecule has 1 atom stereocenters. The SMILES string of the molecule is CCc1ncc(CN2CCC(=O)N(Cc3ccc(F)cc3)[C@H](C(C)C)C2)cn1. The van der Waals surface area contributed by atoms with Crippen LogP contribution in [0.1, 0.15) is 44.1 Å². The molecule has 0 bridgehead atoms. The second-order valence-corrected chi connectivity index (χ2v) is 7.81. The van der Waals surface area contributed by atoms with E-state index in [2.05, 4.69) is 28.7 Å². The highest BCUT2D eigenvalue weighted by atomic mass is 19.1. The second-order valence-electron chi connectivity index (χ2n) is 7.81. The Morgan fingerprint density at radius 3 is 2.39 bits per heavy atom. The lowest BCUT2D eigenvalue weighted by atomic mass is 10.0. The number of rotatable bonds is 6. The molecule has 0 spiro atoms. The van der Waals surface area contributed by atoms with E-state index in [1.54, 1.807) is 12.1 Å². The summed E-state index contributed by atoms with van der Waals surface area (Å²) in [7, 11) is 0. The summed E-state index contributed by atoms with van der Waals surface area (Å²) in [4.78, 5) is 25.9. The zero-order chi connectivity index (χ0) is 20.1. The van der Waals surface area contributed by atoms with Crippen molar-refractivity contribution in [3.63, 3.8) is 0 Å². The number of benzene rings is 1. The Balaban J connectivity index is 1.74. The highest BCUT2D eigenvalue weighted by Crippen LogP contribution is 2.22. The molecular weight excluding hydrogens is 355 g/mol. The van der Waals surface area contributed by atoms with Crippen LogP contribution in [0.4, 0.5) is 4.39 Å². The highest BCUT2D eigenvalue weighted by molar-refractivity contribution is 5.77. The van der Waals surface area contributed by atoms with Crippen LogP contribution in [0.3, 0.4) is 0 Å². The van der Waals surface area contributed by atoms with Crippen molar-refractivity contribution < 1.29 is 9.18 Å². The molecule has 0 radical (unpaired) electrons. The largest absolute Gasteiger partial charge is 0.334 e. The molecule has 3 rings (SSSR count). The van der Waals surface area contributed by atoms with Crippen LogP contribution in [0.25, 0.3) is 0 Å². The van der Waals surface area contributed by atoms with Crippen molar-refractivity contribution in [3.8, 4) is 0 Å². The molecule has 1 aromatic heterocycles. The summed E-state index contributed by atoms with van der Waals surface area (Å²) in [5.41, 5.74) is 2.02. The predicted molar refractivity (Wildman–Crippen MR) is 107 cm³/mol. The van der Waals surface area contributed by atoms with Gasteiger partial charge >= 0.3 is 0 Å². The van der Waals surface area contributed by atoms with Crippen LogP contribution in [0.15, 0.2) is 36.7 Å². The van der Waals surface area contributed by atoms with Gasteiger partial charge in [0.25, 0.3) is 0 Å². The van der Waals surface area contributed by atoms with Crippen LogP contribution >= 0.6 is 0 Å². The first-order valence-corrected chi connectivity index (χ1v) is 10.0. The summed E-state index contributed by atoms with van der Waals surface area (Å²) in [5.74, 6) is 1.07. The fourth-order valence-electron chi connectivity index (χ4n) is 3.65. The van der Waals surface area contributed by atoms with Gasteiger partial charge in [0, 0.05) is 63.0 Å². The molecule has 0 N–H and O–H groups in total. The standard InChI is InChI=1S/C22H29FN4O/c1-4-21-24-11-18(12-25-21)13-26-10-9-22(28)27(20(15-26)16(2)3)14-17-5-7-19(23)8-6-17/h5-8,11-12,16,20H,4,9-10,13-15H2,1-3H3/t20-/m0/s1. The Hall–Kier alpha value is -2.34. The lowest BCUT2D eigenvalue weighted by Gasteiger charge is -2.35. The van der Waals surface area contributed by atoms with E-state index in [0.29, 0.717) is 18.9 Å². The minimum atomic E-state index is -0.256. The van der Waals surface area contributed by atoms with Crippen molar-refractivity contribution in [1.29, 1.82) is 0 Å². The summed E-state index contributed by atoms with van der Waals surface area (Å²) in [6.45, 7) is 9.13. The molecule has 5 nitrogen and oxygen atoms in total. The van der Waals surface area contributed by atoms with E-state index in [-0.39, 0.29) is 17.8 Å². The number of aromatic nitrogens is 2. The molecule has 1 saturated heterocycles. The molecule has 0 unspecified atom stereocenters. The quantitative estimate of drug-likeness (QED) is 0.766. The van der Waals surface area contributed by atoms with E-state index >= 15 is 0 Å². The van der Waals surface area contributed by atoms with E-state index in [1.165, 1.54) is 12.1 Å². The summed E-state index contributed by atoms with van der Waals surface area (Å²) < 4.78 is 13.2.